The molecule has 4 aliphatic carbocycles. The predicted octanol–water partition coefficient (Wildman–Crippen LogP) is 4.69. The number of aliphatic hydroxyl groups excluding tert-OH is 2. The summed E-state index contributed by atoms with van der Waals surface area (Å²) in [6, 6.07) is 0. The van der Waals surface area contributed by atoms with Crippen molar-refractivity contribution in [3.8, 4) is 0 Å². The zero-order chi connectivity index (χ0) is 21.0. The van der Waals surface area contributed by atoms with E-state index in [4.69, 9.17) is 9.47 Å². The van der Waals surface area contributed by atoms with Crippen LogP contribution in [0.2, 0.25) is 0 Å². The van der Waals surface area contributed by atoms with Gasteiger partial charge in [-0.05, 0) is 80.5 Å². The molecular weight excluding hydrogens is 364 g/mol. The molecule has 5 aliphatic rings. The third-order valence-corrected chi connectivity index (χ3v) is 9.50. The van der Waals surface area contributed by atoms with E-state index in [9.17, 15) is 10.2 Å². The Hall–Kier alpha value is -0.420. The van der Waals surface area contributed by atoms with Crippen LogP contribution < -0.4 is 0 Å². The monoisotopic (exact) mass is 406 g/mol. The van der Waals surface area contributed by atoms with E-state index in [0.717, 1.165) is 38.5 Å². The Morgan fingerprint density at radius 1 is 1.00 bits per heavy atom. The number of hydrogen-bond acceptors (Lipinski definition) is 4. The summed E-state index contributed by atoms with van der Waals surface area (Å²) in [5.74, 6) is 1.38. The van der Waals surface area contributed by atoms with Crippen LogP contribution in [0, 0.1) is 34.5 Å². The second-order valence-electron chi connectivity index (χ2n) is 10.7. The molecule has 4 heteroatoms. The molecule has 0 spiro atoms. The van der Waals surface area contributed by atoms with Gasteiger partial charge in [-0.3, -0.25) is 0 Å². The fourth-order valence-corrected chi connectivity index (χ4v) is 8.37. The van der Waals surface area contributed by atoms with E-state index in [1.165, 1.54) is 12.0 Å². The molecule has 1 saturated heterocycles. The Kier molecular flexibility index (Phi) is 5.72. The molecule has 29 heavy (non-hydrogen) atoms. The summed E-state index contributed by atoms with van der Waals surface area (Å²) in [7, 11) is 0. The summed E-state index contributed by atoms with van der Waals surface area (Å²) in [6.07, 6.45) is 8.92. The lowest BCUT2D eigenvalue weighted by Crippen LogP contribution is -2.58. The lowest BCUT2D eigenvalue weighted by Gasteiger charge is -2.60. The highest BCUT2D eigenvalue weighted by atomic mass is 16.7. The zero-order valence-electron chi connectivity index (χ0n) is 19.1. The Bertz CT molecular complexity index is 639. The van der Waals surface area contributed by atoms with Crippen LogP contribution in [0.1, 0.15) is 79.6 Å². The van der Waals surface area contributed by atoms with E-state index < -0.39 is 5.79 Å². The smallest absolute Gasteiger partial charge is 0.169 e. The average molecular weight is 407 g/mol. The summed E-state index contributed by atoms with van der Waals surface area (Å²) < 4.78 is 12.2. The molecule has 3 saturated carbocycles. The summed E-state index contributed by atoms with van der Waals surface area (Å²) >= 11 is 0. The van der Waals surface area contributed by atoms with Crippen molar-refractivity contribution >= 4 is 0 Å². The van der Waals surface area contributed by atoms with E-state index in [-0.39, 0.29) is 23.0 Å². The third kappa shape index (κ3) is 3.16. The topological polar surface area (TPSA) is 58.9 Å². The SMILES string of the molecule is CC.CC1(C2CCC3C4CC=C5CC(O)CCC5(C)C4C(O)CC32C)OCCO1. The molecule has 2 N–H and O–H groups in total. The van der Waals surface area contributed by atoms with Crippen LogP contribution in [-0.4, -0.2) is 41.4 Å². The first-order valence-corrected chi connectivity index (χ1v) is 12.1. The van der Waals surface area contributed by atoms with Gasteiger partial charge in [0.15, 0.2) is 5.79 Å². The average Bonchev–Trinajstić information content (AvgIpc) is 3.27. The highest BCUT2D eigenvalue weighted by Crippen LogP contribution is 2.68. The van der Waals surface area contributed by atoms with Gasteiger partial charge in [-0.1, -0.05) is 39.3 Å². The molecule has 166 valence electrons. The molecule has 0 aromatic carbocycles. The maximum absolute atomic E-state index is 11.5. The maximum atomic E-state index is 11.5. The molecule has 1 heterocycles. The normalized spacial score (nSPS) is 50.5. The third-order valence-electron chi connectivity index (χ3n) is 9.50. The molecular formula is C25H42O4. The highest BCUT2D eigenvalue weighted by molar-refractivity contribution is 5.26. The minimum atomic E-state index is -0.482. The molecule has 1 aliphatic heterocycles. The lowest BCUT2D eigenvalue weighted by molar-refractivity contribution is -0.223. The quantitative estimate of drug-likeness (QED) is 0.621. The Labute approximate surface area is 177 Å². The fourth-order valence-electron chi connectivity index (χ4n) is 8.37. The standard InChI is InChI=1S/C23H36O4.C2H6/c1-21-9-8-15(24)12-14(21)4-5-16-17-6-7-19(23(3)26-10-11-27-23)22(17,2)13-18(25)20(16)21;1-2/h4,15-20,24-25H,5-13H2,1-3H3;1-2H3. The van der Waals surface area contributed by atoms with E-state index in [1.807, 2.05) is 13.8 Å². The van der Waals surface area contributed by atoms with Gasteiger partial charge in [-0.25, -0.2) is 0 Å². The van der Waals surface area contributed by atoms with Crippen molar-refractivity contribution in [1.82, 2.24) is 0 Å². The van der Waals surface area contributed by atoms with Crippen LogP contribution in [0.4, 0.5) is 0 Å². The largest absolute Gasteiger partial charge is 0.393 e. The maximum Gasteiger partial charge on any atom is 0.169 e. The molecule has 4 fully saturated rings. The van der Waals surface area contributed by atoms with Crippen LogP contribution in [-0.2, 0) is 9.47 Å². The summed E-state index contributed by atoms with van der Waals surface area (Å²) in [5.41, 5.74) is 1.55. The van der Waals surface area contributed by atoms with Crippen LogP contribution in [0.25, 0.3) is 0 Å². The van der Waals surface area contributed by atoms with Crippen LogP contribution >= 0.6 is 0 Å². The Morgan fingerprint density at radius 2 is 1.69 bits per heavy atom. The van der Waals surface area contributed by atoms with Crippen LogP contribution in [0.3, 0.4) is 0 Å². The van der Waals surface area contributed by atoms with Crippen LogP contribution in [0.15, 0.2) is 11.6 Å². The molecule has 0 bridgehead atoms. The van der Waals surface area contributed by atoms with E-state index in [1.54, 1.807) is 0 Å². The molecule has 8 unspecified atom stereocenters. The summed E-state index contributed by atoms with van der Waals surface area (Å²) in [4.78, 5) is 0. The van der Waals surface area contributed by atoms with Gasteiger partial charge in [0.2, 0.25) is 0 Å². The fraction of sp³-hybridized carbons (Fsp3) is 0.920. The van der Waals surface area contributed by atoms with E-state index in [0.29, 0.717) is 36.9 Å². The first-order chi connectivity index (χ1) is 13.8. The van der Waals surface area contributed by atoms with Gasteiger partial charge in [0.05, 0.1) is 25.4 Å². The van der Waals surface area contributed by atoms with Crippen molar-refractivity contribution in [3.63, 3.8) is 0 Å². The van der Waals surface area contributed by atoms with Crippen molar-refractivity contribution < 1.29 is 19.7 Å². The first-order valence-electron chi connectivity index (χ1n) is 12.1. The molecule has 4 nitrogen and oxygen atoms in total. The number of aliphatic hydroxyl groups is 2. The minimum Gasteiger partial charge on any atom is -0.393 e. The zero-order valence-corrected chi connectivity index (χ0v) is 19.1. The molecule has 0 aromatic heterocycles. The number of rotatable bonds is 1. The van der Waals surface area contributed by atoms with E-state index in [2.05, 4.69) is 26.8 Å². The Balaban J connectivity index is 0.000000994. The van der Waals surface area contributed by atoms with Gasteiger partial charge in [-0.2, -0.15) is 0 Å². The van der Waals surface area contributed by atoms with E-state index >= 15 is 0 Å². The summed E-state index contributed by atoms with van der Waals surface area (Å²) in [6.45, 7) is 12.3. The van der Waals surface area contributed by atoms with Crippen molar-refractivity contribution in [3.05, 3.63) is 11.6 Å². The molecule has 0 radical (unpaired) electrons. The Morgan fingerprint density at radius 3 is 2.38 bits per heavy atom. The number of fused-ring (bicyclic) bond motifs is 5. The van der Waals surface area contributed by atoms with Gasteiger partial charge in [0, 0.05) is 5.92 Å². The second-order valence-corrected chi connectivity index (χ2v) is 10.7. The van der Waals surface area contributed by atoms with Crippen LogP contribution in [0.5, 0.6) is 0 Å². The lowest BCUT2D eigenvalue weighted by atomic mass is 9.46. The molecule has 0 amide bonds. The predicted molar refractivity (Wildman–Crippen MR) is 114 cm³/mol. The molecule has 5 rings (SSSR count). The van der Waals surface area contributed by atoms with Crippen molar-refractivity contribution in [2.45, 2.75) is 97.6 Å². The van der Waals surface area contributed by atoms with Gasteiger partial charge in [0.1, 0.15) is 0 Å². The van der Waals surface area contributed by atoms with Crippen molar-refractivity contribution in [2.24, 2.45) is 34.5 Å². The van der Waals surface area contributed by atoms with Crippen molar-refractivity contribution in [2.75, 3.05) is 13.2 Å². The molecule has 0 aromatic rings. The number of ether oxygens (including phenoxy) is 2. The molecule has 8 atom stereocenters. The minimum absolute atomic E-state index is 0.0608. The summed E-state index contributed by atoms with van der Waals surface area (Å²) in [5, 5.41) is 21.6. The van der Waals surface area contributed by atoms with Gasteiger partial charge >= 0.3 is 0 Å². The number of allylic oxidation sites excluding steroid dienone is 1. The van der Waals surface area contributed by atoms with Gasteiger partial charge < -0.3 is 19.7 Å². The number of hydrogen-bond donors (Lipinski definition) is 2. The highest BCUT2D eigenvalue weighted by Gasteiger charge is 2.65. The first kappa shape index (κ1) is 21.8. The second kappa shape index (κ2) is 7.62. The van der Waals surface area contributed by atoms with Gasteiger partial charge in [0.25, 0.3) is 0 Å². The van der Waals surface area contributed by atoms with Gasteiger partial charge in [-0.15, -0.1) is 0 Å². The van der Waals surface area contributed by atoms with Crippen molar-refractivity contribution in [1.29, 1.82) is 0 Å².